The zero-order valence-electron chi connectivity index (χ0n) is 17.5. The Kier molecular flexibility index (Phi) is 12.5. The highest BCUT2D eigenvalue weighted by Crippen LogP contribution is 2.12. The molecule has 28 heavy (non-hydrogen) atoms. The second kappa shape index (κ2) is 14.4. The second-order valence-electron chi connectivity index (χ2n) is 7.37. The van der Waals surface area contributed by atoms with Gasteiger partial charge in [-0.1, -0.05) is 100.0 Å². The van der Waals surface area contributed by atoms with Gasteiger partial charge in [-0.2, -0.15) is 4.89 Å². The molecule has 2 radical (unpaired) electrons. The van der Waals surface area contributed by atoms with E-state index >= 15 is 0 Å². The second-order valence-corrected chi connectivity index (χ2v) is 11.3. The van der Waals surface area contributed by atoms with Crippen molar-refractivity contribution in [1.82, 2.24) is 0 Å². The number of hydrogen-bond acceptors (Lipinski definition) is 3. The predicted molar refractivity (Wildman–Crippen MR) is 120 cm³/mol. The van der Waals surface area contributed by atoms with Gasteiger partial charge in [-0.15, -0.1) is 13.2 Å². The van der Waals surface area contributed by atoms with Crippen molar-refractivity contribution < 1.29 is 14.6 Å². The maximum atomic E-state index is 12.0. The third kappa shape index (κ3) is 9.02. The molecule has 0 bridgehead atoms. The summed E-state index contributed by atoms with van der Waals surface area (Å²) in [6.07, 6.45) is 11.8. The van der Waals surface area contributed by atoms with Crippen LogP contribution in [0.4, 0.5) is 0 Å². The fourth-order valence-corrected chi connectivity index (χ4v) is 4.45. The van der Waals surface area contributed by atoms with Crippen LogP contribution in [0.1, 0.15) is 74.6 Å². The highest BCUT2D eigenvalue weighted by atomic mass is 28.3. The molecule has 3 nitrogen and oxygen atoms in total. The average molecular weight is 401 g/mol. The van der Waals surface area contributed by atoms with Gasteiger partial charge in [0, 0.05) is 0 Å². The number of rotatable bonds is 16. The van der Waals surface area contributed by atoms with Gasteiger partial charge < -0.3 is 0 Å². The van der Waals surface area contributed by atoms with E-state index in [9.17, 15) is 4.79 Å². The third-order valence-electron chi connectivity index (χ3n) is 5.10. The first-order valence-corrected chi connectivity index (χ1v) is 13.1. The first-order valence-electron chi connectivity index (χ1n) is 10.4. The Labute approximate surface area is 172 Å². The molecule has 0 fully saturated rings. The van der Waals surface area contributed by atoms with E-state index < -0.39 is 14.0 Å². The monoisotopic (exact) mass is 400 g/mol. The van der Waals surface area contributed by atoms with Gasteiger partial charge in [0.1, 0.15) is 14.7 Å². The molecule has 4 heteroatoms. The van der Waals surface area contributed by atoms with Crippen LogP contribution < -0.4 is 5.19 Å². The standard InChI is InChI=1S/C24H36O3Si/c1-5-8-9-10-11-12-13-14-15-16-21-26-27-24(25)22-17-19-23(20-18-22)28(4,6-2)7-3/h6-7,17-21H,1-3,5,8-16H2,4H3. The van der Waals surface area contributed by atoms with Crippen molar-refractivity contribution in [2.75, 3.05) is 0 Å². The van der Waals surface area contributed by atoms with Crippen molar-refractivity contribution in [2.45, 2.75) is 70.8 Å². The minimum absolute atomic E-state index is 0.473. The molecule has 0 saturated heterocycles. The van der Waals surface area contributed by atoms with Gasteiger partial charge in [0.15, 0.2) is 0 Å². The highest BCUT2D eigenvalue weighted by Gasteiger charge is 2.22. The fraction of sp³-hybridized carbons (Fsp3) is 0.458. The van der Waals surface area contributed by atoms with Crippen molar-refractivity contribution in [2.24, 2.45) is 0 Å². The Morgan fingerprint density at radius 3 is 2.00 bits per heavy atom. The van der Waals surface area contributed by atoms with Crippen molar-refractivity contribution in [3.63, 3.8) is 0 Å². The van der Waals surface area contributed by atoms with Crippen molar-refractivity contribution in [3.05, 3.63) is 67.9 Å². The van der Waals surface area contributed by atoms with Gasteiger partial charge in [0.2, 0.25) is 0 Å². The summed E-state index contributed by atoms with van der Waals surface area (Å²) in [4.78, 5) is 21.8. The van der Waals surface area contributed by atoms with Crippen LogP contribution >= 0.6 is 0 Å². The van der Waals surface area contributed by atoms with Crippen LogP contribution in [0.2, 0.25) is 6.55 Å². The maximum absolute atomic E-state index is 12.0. The number of hydrogen-bond donors (Lipinski definition) is 0. The highest BCUT2D eigenvalue weighted by molar-refractivity contribution is 6.98. The lowest BCUT2D eigenvalue weighted by Gasteiger charge is -2.19. The van der Waals surface area contributed by atoms with Crippen molar-refractivity contribution in [3.8, 4) is 0 Å². The average Bonchev–Trinajstić information content (AvgIpc) is 2.74. The first kappa shape index (κ1) is 24.4. The molecule has 1 aromatic carbocycles. The van der Waals surface area contributed by atoms with Gasteiger partial charge in [-0.3, -0.25) is 4.89 Å². The molecule has 0 aliphatic rings. The Hall–Kier alpha value is -1.65. The SMILES string of the molecule is [CH2]CCCCCCCCCC[CH]OOC(=O)c1ccc([Si](C)(C=C)C=C)cc1. The minimum atomic E-state index is -1.85. The summed E-state index contributed by atoms with van der Waals surface area (Å²) < 4.78 is 0. The normalized spacial score (nSPS) is 11.2. The molecule has 1 aromatic rings. The lowest BCUT2D eigenvalue weighted by Crippen LogP contribution is -2.40. The Balaban J connectivity index is 2.14. The molecule has 1 rings (SSSR count). The van der Waals surface area contributed by atoms with E-state index in [1.165, 1.54) is 44.9 Å². The van der Waals surface area contributed by atoms with Crippen LogP contribution in [-0.2, 0) is 9.78 Å². The molecule has 0 saturated carbocycles. The van der Waals surface area contributed by atoms with E-state index in [0.717, 1.165) is 24.4 Å². The van der Waals surface area contributed by atoms with Gasteiger partial charge in [0.25, 0.3) is 0 Å². The van der Waals surface area contributed by atoms with Crippen LogP contribution in [-0.4, -0.2) is 14.0 Å². The van der Waals surface area contributed by atoms with E-state index in [1.807, 2.05) is 23.5 Å². The number of benzene rings is 1. The number of unbranched alkanes of at least 4 members (excludes halogenated alkanes) is 9. The minimum Gasteiger partial charge on any atom is -0.292 e. The number of carbonyl (C=O) groups excluding carboxylic acids is 1. The molecule has 0 amide bonds. The largest absolute Gasteiger partial charge is 0.373 e. The van der Waals surface area contributed by atoms with Gasteiger partial charge >= 0.3 is 5.97 Å². The van der Waals surface area contributed by atoms with E-state index in [0.29, 0.717) is 5.56 Å². The van der Waals surface area contributed by atoms with Crippen LogP contribution in [0.15, 0.2) is 48.8 Å². The van der Waals surface area contributed by atoms with E-state index in [1.54, 1.807) is 18.7 Å². The quantitative estimate of drug-likeness (QED) is 0.139. The van der Waals surface area contributed by atoms with E-state index in [2.05, 4.69) is 26.6 Å². The molecule has 0 aliphatic carbocycles. The lowest BCUT2D eigenvalue weighted by molar-refractivity contribution is -0.213. The molecular weight excluding hydrogens is 364 g/mol. The molecule has 0 unspecified atom stereocenters. The fourth-order valence-electron chi connectivity index (χ4n) is 2.92. The third-order valence-corrected chi connectivity index (χ3v) is 8.38. The smallest absolute Gasteiger partial charge is 0.292 e. The van der Waals surface area contributed by atoms with Gasteiger partial charge in [-0.05, 0) is 18.6 Å². The Morgan fingerprint density at radius 1 is 0.929 bits per heavy atom. The summed E-state index contributed by atoms with van der Waals surface area (Å²) in [7, 11) is -1.85. The first-order chi connectivity index (χ1) is 13.6. The molecule has 0 atom stereocenters. The Morgan fingerprint density at radius 2 is 1.46 bits per heavy atom. The van der Waals surface area contributed by atoms with Gasteiger partial charge in [-0.25, -0.2) is 4.79 Å². The zero-order valence-corrected chi connectivity index (χ0v) is 18.5. The predicted octanol–water partition coefficient (Wildman–Crippen LogP) is 6.41. The van der Waals surface area contributed by atoms with Crippen LogP contribution in [0.5, 0.6) is 0 Å². The van der Waals surface area contributed by atoms with Crippen molar-refractivity contribution >= 4 is 19.2 Å². The molecule has 0 heterocycles. The molecular formula is C24H36O3Si. The van der Waals surface area contributed by atoms with Crippen LogP contribution in [0.3, 0.4) is 0 Å². The summed E-state index contributed by atoms with van der Waals surface area (Å²) >= 11 is 0. The summed E-state index contributed by atoms with van der Waals surface area (Å²) in [5.74, 6) is -0.481. The molecule has 0 aliphatic heterocycles. The molecule has 154 valence electrons. The van der Waals surface area contributed by atoms with E-state index in [-0.39, 0.29) is 0 Å². The Bertz CT molecular complexity index is 572. The molecule has 0 N–H and O–H groups in total. The maximum Gasteiger partial charge on any atom is 0.373 e. The lowest BCUT2D eigenvalue weighted by atomic mass is 10.1. The van der Waals surface area contributed by atoms with E-state index in [4.69, 9.17) is 9.78 Å². The summed E-state index contributed by atoms with van der Waals surface area (Å²) in [6.45, 7) is 15.4. The summed E-state index contributed by atoms with van der Waals surface area (Å²) in [5.41, 5.74) is 4.41. The number of carbonyl (C=O) groups is 1. The van der Waals surface area contributed by atoms with Crippen LogP contribution in [0.25, 0.3) is 0 Å². The van der Waals surface area contributed by atoms with Gasteiger partial charge in [0.05, 0.1) is 5.56 Å². The van der Waals surface area contributed by atoms with Crippen LogP contribution in [0, 0.1) is 13.5 Å². The summed E-state index contributed by atoms with van der Waals surface area (Å²) in [6, 6.07) is 7.40. The van der Waals surface area contributed by atoms with Crippen molar-refractivity contribution in [1.29, 1.82) is 0 Å². The molecule has 0 spiro atoms. The summed E-state index contributed by atoms with van der Waals surface area (Å²) in [5, 5.41) is 1.16. The zero-order chi connectivity index (χ0) is 20.7. The topological polar surface area (TPSA) is 35.5 Å². The molecule has 0 aromatic heterocycles.